The third-order valence-electron chi connectivity index (χ3n) is 4.18. The number of rotatable bonds is 4. The van der Waals surface area contributed by atoms with Crippen LogP contribution in [0, 0.1) is 0 Å². The Morgan fingerprint density at radius 3 is 2.57 bits per heavy atom. The van der Waals surface area contributed by atoms with E-state index < -0.39 is 6.10 Å². The zero-order valence-corrected chi connectivity index (χ0v) is 13.9. The van der Waals surface area contributed by atoms with Gasteiger partial charge in [0.1, 0.15) is 5.75 Å². The lowest BCUT2D eigenvalue weighted by Gasteiger charge is -2.31. The summed E-state index contributed by atoms with van der Waals surface area (Å²) < 4.78 is 5.87. The molecule has 0 saturated heterocycles. The van der Waals surface area contributed by atoms with E-state index in [-0.39, 0.29) is 5.91 Å². The second-order valence-electron chi connectivity index (χ2n) is 5.75. The minimum atomic E-state index is -0.457. The van der Waals surface area contributed by atoms with Crippen LogP contribution in [0.15, 0.2) is 48.5 Å². The van der Waals surface area contributed by atoms with Crippen molar-refractivity contribution in [2.24, 2.45) is 0 Å². The highest BCUT2D eigenvalue weighted by Crippen LogP contribution is 2.22. The molecule has 0 fully saturated rings. The summed E-state index contributed by atoms with van der Waals surface area (Å²) in [6.07, 6.45) is 1.08. The molecule has 0 saturated carbocycles. The number of fused-ring (bicyclic) bond motifs is 1. The fourth-order valence-corrected chi connectivity index (χ4v) is 3.00. The molecule has 1 heterocycles. The largest absolute Gasteiger partial charge is 0.481 e. The van der Waals surface area contributed by atoms with E-state index in [0.717, 1.165) is 13.0 Å². The van der Waals surface area contributed by atoms with Crippen molar-refractivity contribution in [2.45, 2.75) is 32.4 Å². The number of amides is 1. The van der Waals surface area contributed by atoms with Gasteiger partial charge in [0.15, 0.2) is 6.10 Å². The van der Waals surface area contributed by atoms with Crippen molar-refractivity contribution in [1.29, 1.82) is 0 Å². The number of benzene rings is 2. The summed E-state index contributed by atoms with van der Waals surface area (Å²) in [5.41, 5.74) is 2.57. The predicted octanol–water partition coefficient (Wildman–Crippen LogP) is 4.08. The average Bonchev–Trinajstić information content (AvgIpc) is 2.60. The quantitative estimate of drug-likeness (QED) is 0.845. The third kappa shape index (κ3) is 3.67. The van der Waals surface area contributed by atoms with Crippen molar-refractivity contribution in [3.8, 4) is 5.75 Å². The topological polar surface area (TPSA) is 29.5 Å². The Labute approximate surface area is 141 Å². The summed E-state index contributed by atoms with van der Waals surface area (Å²) >= 11 is 5.88. The van der Waals surface area contributed by atoms with Crippen LogP contribution in [-0.2, 0) is 17.8 Å². The Morgan fingerprint density at radius 2 is 1.87 bits per heavy atom. The van der Waals surface area contributed by atoms with Crippen LogP contribution in [-0.4, -0.2) is 23.5 Å². The van der Waals surface area contributed by atoms with Crippen LogP contribution in [0.25, 0.3) is 0 Å². The Bertz CT molecular complexity index is 684. The number of carbonyl (C=O) groups excluding carboxylic acids is 1. The molecule has 120 valence electrons. The maximum atomic E-state index is 12.8. The maximum Gasteiger partial charge on any atom is 0.263 e. The number of nitrogens with zero attached hydrogens (tertiary/aromatic N) is 1. The van der Waals surface area contributed by atoms with E-state index in [4.69, 9.17) is 16.3 Å². The van der Waals surface area contributed by atoms with Crippen molar-refractivity contribution < 1.29 is 9.53 Å². The van der Waals surface area contributed by atoms with Crippen molar-refractivity contribution >= 4 is 17.5 Å². The van der Waals surface area contributed by atoms with Gasteiger partial charge in [0.2, 0.25) is 0 Å². The van der Waals surface area contributed by atoms with Gasteiger partial charge in [-0.15, -0.1) is 0 Å². The lowest BCUT2D eigenvalue weighted by molar-refractivity contribution is -0.139. The Balaban J connectivity index is 1.69. The van der Waals surface area contributed by atoms with Crippen LogP contribution in [0.4, 0.5) is 0 Å². The minimum Gasteiger partial charge on any atom is -0.481 e. The standard InChI is InChI=1S/C19H20ClNO2/c1-2-18(23-17-9-7-16(20)8-10-17)19(22)21-12-11-14-5-3-4-6-15(14)13-21/h3-10,18H,2,11-13H2,1H3/t18-/m0/s1. The van der Waals surface area contributed by atoms with Gasteiger partial charge < -0.3 is 9.64 Å². The number of hydrogen-bond donors (Lipinski definition) is 0. The van der Waals surface area contributed by atoms with E-state index in [9.17, 15) is 4.79 Å². The second-order valence-corrected chi connectivity index (χ2v) is 6.18. The molecule has 23 heavy (non-hydrogen) atoms. The summed E-state index contributed by atoms with van der Waals surface area (Å²) in [6.45, 7) is 3.38. The average molecular weight is 330 g/mol. The van der Waals surface area contributed by atoms with Gasteiger partial charge >= 0.3 is 0 Å². The summed E-state index contributed by atoms with van der Waals surface area (Å²) in [6, 6.07) is 15.4. The highest BCUT2D eigenvalue weighted by molar-refractivity contribution is 6.30. The fourth-order valence-electron chi connectivity index (χ4n) is 2.87. The first-order valence-corrected chi connectivity index (χ1v) is 8.33. The predicted molar refractivity (Wildman–Crippen MR) is 91.7 cm³/mol. The second kappa shape index (κ2) is 7.05. The molecular weight excluding hydrogens is 310 g/mol. The molecule has 1 amide bonds. The molecule has 0 unspecified atom stereocenters. The number of halogens is 1. The first-order chi connectivity index (χ1) is 11.2. The van der Waals surface area contributed by atoms with Crippen LogP contribution in [0.2, 0.25) is 5.02 Å². The molecular formula is C19H20ClNO2. The molecule has 2 aromatic rings. The molecule has 0 aliphatic carbocycles. The fraction of sp³-hybridized carbons (Fsp3) is 0.316. The van der Waals surface area contributed by atoms with Crippen molar-refractivity contribution in [2.75, 3.05) is 6.54 Å². The van der Waals surface area contributed by atoms with Crippen LogP contribution in [0.1, 0.15) is 24.5 Å². The van der Waals surface area contributed by atoms with E-state index >= 15 is 0 Å². The summed E-state index contributed by atoms with van der Waals surface area (Å²) in [5.74, 6) is 0.726. The van der Waals surface area contributed by atoms with Gasteiger partial charge in [-0.2, -0.15) is 0 Å². The first-order valence-electron chi connectivity index (χ1n) is 7.95. The van der Waals surface area contributed by atoms with Crippen molar-refractivity contribution in [3.63, 3.8) is 0 Å². The number of ether oxygens (including phenoxy) is 1. The molecule has 1 atom stereocenters. The normalized spacial score (nSPS) is 15.0. The molecule has 2 aromatic carbocycles. The molecule has 1 aliphatic rings. The van der Waals surface area contributed by atoms with Gasteiger partial charge in [0.05, 0.1) is 0 Å². The van der Waals surface area contributed by atoms with Crippen molar-refractivity contribution in [3.05, 3.63) is 64.7 Å². The van der Waals surface area contributed by atoms with Crippen LogP contribution < -0.4 is 4.74 Å². The molecule has 0 bridgehead atoms. The molecule has 0 radical (unpaired) electrons. The lowest BCUT2D eigenvalue weighted by Crippen LogP contribution is -2.44. The Morgan fingerprint density at radius 1 is 1.17 bits per heavy atom. The highest BCUT2D eigenvalue weighted by atomic mass is 35.5. The number of carbonyl (C=O) groups is 1. The van der Waals surface area contributed by atoms with E-state index in [2.05, 4.69) is 18.2 Å². The summed E-state index contributed by atoms with van der Waals surface area (Å²) in [4.78, 5) is 14.7. The van der Waals surface area contributed by atoms with E-state index in [1.54, 1.807) is 24.3 Å². The monoisotopic (exact) mass is 329 g/mol. The van der Waals surface area contributed by atoms with Gasteiger partial charge in [-0.25, -0.2) is 0 Å². The molecule has 0 aromatic heterocycles. The smallest absolute Gasteiger partial charge is 0.263 e. The third-order valence-corrected chi connectivity index (χ3v) is 4.43. The zero-order chi connectivity index (χ0) is 16.2. The van der Waals surface area contributed by atoms with Crippen LogP contribution >= 0.6 is 11.6 Å². The molecule has 3 rings (SSSR count). The Kier molecular flexibility index (Phi) is 4.87. The lowest BCUT2D eigenvalue weighted by atomic mass is 9.99. The van der Waals surface area contributed by atoms with Gasteiger partial charge in [-0.1, -0.05) is 42.8 Å². The molecule has 4 heteroatoms. The molecule has 0 N–H and O–H groups in total. The molecule has 0 spiro atoms. The SMILES string of the molecule is CC[C@H](Oc1ccc(Cl)cc1)C(=O)N1CCc2ccccc2C1. The van der Waals surface area contributed by atoms with E-state index in [0.29, 0.717) is 23.7 Å². The van der Waals surface area contributed by atoms with Gasteiger partial charge in [0.25, 0.3) is 5.91 Å². The summed E-state index contributed by atoms with van der Waals surface area (Å²) in [7, 11) is 0. The maximum absolute atomic E-state index is 12.8. The van der Waals surface area contributed by atoms with E-state index in [1.807, 2.05) is 17.9 Å². The van der Waals surface area contributed by atoms with Crippen molar-refractivity contribution in [1.82, 2.24) is 4.90 Å². The van der Waals surface area contributed by atoms with E-state index in [1.165, 1.54) is 11.1 Å². The molecule has 1 aliphatic heterocycles. The van der Waals surface area contributed by atoms with Gasteiger partial charge in [-0.3, -0.25) is 4.79 Å². The zero-order valence-electron chi connectivity index (χ0n) is 13.2. The van der Waals surface area contributed by atoms with Crippen LogP contribution in [0.3, 0.4) is 0 Å². The first kappa shape index (κ1) is 15.9. The summed E-state index contributed by atoms with van der Waals surface area (Å²) in [5, 5.41) is 0.657. The Hall–Kier alpha value is -2.00. The van der Waals surface area contributed by atoms with Gasteiger partial charge in [0, 0.05) is 18.1 Å². The minimum absolute atomic E-state index is 0.0527. The highest BCUT2D eigenvalue weighted by Gasteiger charge is 2.27. The van der Waals surface area contributed by atoms with Gasteiger partial charge in [-0.05, 0) is 48.2 Å². The van der Waals surface area contributed by atoms with Crippen LogP contribution in [0.5, 0.6) is 5.75 Å². The number of hydrogen-bond acceptors (Lipinski definition) is 2. The molecule has 3 nitrogen and oxygen atoms in total.